The lowest BCUT2D eigenvalue weighted by Gasteiger charge is -2.31. The number of benzene rings is 2. The lowest BCUT2D eigenvalue weighted by atomic mass is 9.89. The van der Waals surface area contributed by atoms with Crippen LogP contribution in [0.3, 0.4) is 0 Å². The average Bonchev–Trinajstić information content (AvgIpc) is 2.73. The Hall–Kier alpha value is -2.19. The number of carbonyl (C=O) groups excluding carboxylic acids is 1. The van der Waals surface area contributed by atoms with Gasteiger partial charge >= 0.3 is 0 Å². The van der Waals surface area contributed by atoms with Gasteiger partial charge in [-0.25, -0.2) is 8.42 Å². The molecule has 1 aliphatic heterocycles. The Morgan fingerprint density at radius 1 is 1.00 bits per heavy atom. The van der Waals surface area contributed by atoms with Crippen molar-refractivity contribution < 1.29 is 13.2 Å². The highest BCUT2D eigenvalue weighted by Gasteiger charge is 2.26. The average molecular weight is 496 g/mol. The minimum atomic E-state index is -3.32. The number of halogens is 2. The molecule has 1 aliphatic rings. The molecule has 1 saturated heterocycles. The molecule has 6 nitrogen and oxygen atoms in total. The van der Waals surface area contributed by atoms with Gasteiger partial charge in [0.15, 0.2) is 5.78 Å². The second kappa shape index (κ2) is 11.1. The zero-order valence-corrected chi connectivity index (χ0v) is 20.2. The molecule has 32 heavy (non-hydrogen) atoms. The molecule has 0 saturated carbocycles. The molecule has 0 atom stereocenters. The number of nitrogens with one attached hydrogen (secondary N) is 1. The molecule has 1 fully saturated rings. The van der Waals surface area contributed by atoms with E-state index in [0.29, 0.717) is 11.3 Å². The van der Waals surface area contributed by atoms with Gasteiger partial charge in [0, 0.05) is 29.1 Å². The topological polar surface area (TPSA) is 79.4 Å². The van der Waals surface area contributed by atoms with Crippen molar-refractivity contribution in [2.45, 2.75) is 19.4 Å². The summed E-state index contributed by atoms with van der Waals surface area (Å²) in [6, 6.07) is 18.9. The first-order chi connectivity index (χ1) is 14.4. The maximum absolute atomic E-state index is 12.8. The normalized spacial score (nSPS) is 14.9. The van der Waals surface area contributed by atoms with Crippen LogP contribution in [-0.4, -0.2) is 43.4 Å². The number of Topliss-reactive ketones (excluding diaryl/α,β-unsaturated/α-hetero) is 1. The van der Waals surface area contributed by atoms with Crippen molar-refractivity contribution in [2.24, 2.45) is 5.92 Å². The van der Waals surface area contributed by atoms with E-state index in [1.807, 2.05) is 18.2 Å². The molecule has 172 valence electrons. The first-order valence-electron chi connectivity index (χ1n) is 10.1. The predicted molar refractivity (Wildman–Crippen MR) is 133 cm³/mol. The van der Waals surface area contributed by atoms with Crippen LogP contribution in [0.2, 0.25) is 0 Å². The monoisotopic (exact) mass is 495 g/mol. The summed E-state index contributed by atoms with van der Waals surface area (Å²) in [4.78, 5) is 19.9. The van der Waals surface area contributed by atoms with E-state index in [1.165, 1.54) is 0 Å². The lowest BCUT2D eigenvalue weighted by molar-refractivity contribution is 0.0834. The Morgan fingerprint density at radius 2 is 1.66 bits per heavy atom. The summed E-state index contributed by atoms with van der Waals surface area (Å²) < 4.78 is 25.0. The van der Waals surface area contributed by atoms with Gasteiger partial charge in [-0.2, -0.15) is 0 Å². The quantitative estimate of drug-likeness (QED) is 0.507. The van der Waals surface area contributed by atoms with E-state index in [-0.39, 0.29) is 36.5 Å². The van der Waals surface area contributed by atoms with E-state index >= 15 is 0 Å². The number of ketones is 1. The van der Waals surface area contributed by atoms with Crippen LogP contribution in [-0.2, 0) is 16.6 Å². The zero-order chi connectivity index (χ0) is 21.1. The summed E-state index contributed by atoms with van der Waals surface area (Å²) in [6.45, 7) is 2.51. The second-order valence-corrected chi connectivity index (χ2v) is 9.61. The van der Waals surface area contributed by atoms with E-state index in [2.05, 4.69) is 27.8 Å². The number of nitrogens with zero attached hydrogens (tertiary/aromatic N) is 2. The van der Waals surface area contributed by atoms with Crippen LogP contribution in [0.5, 0.6) is 0 Å². The number of likely N-dealkylation sites (tertiary alicyclic amines) is 1. The van der Waals surface area contributed by atoms with Gasteiger partial charge in [-0.1, -0.05) is 24.3 Å². The smallest absolute Gasteiger partial charge is 0.229 e. The molecule has 0 aliphatic carbocycles. The fourth-order valence-electron chi connectivity index (χ4n) is 3.93. The number of para-hydroxylation sites is 1. The number of piperidine rings is 1. The third-order valence-corrected chi connectivity index (χ3v) is 6.08. The van der Waals surface area contributed by atoms with Crippen molar-refractivity contribution in [1.29, 1.82) is 0 Å². The summed E-state index contributed by atoms with van der Waals surface area (Å²) in [5.41, 5.74) is 3.15. The summed E-state index contributed by atoms with van der Waals surface area (Å²) in [5.74, 6) is 0.129. The third kappa shape index (κ3) is 6.65. The van der Waals surface area contributed by atoms with Crippen LogP contribution in [0.15, 0.2) is 60.7 Å². The van der Waals surface area contributed by atoms with Crippen LogP contribution >= 0.6 is 24.8 Å². The molecule has 2 heterocycles. The Bertz CT molecular complexity index is 1160. The van der Waals surface area contributed by atoms with Crippen molar-refractivity contribution in [3.63, 3.8) is 0 Å². The number of pyridine rings is 1. The molecule has 0 bridgehead atoms. The Labute approximate surface area is 201 Å². The van der Waals surface area contributed by atoms with Gasteiger partial charge in [-0.05, 0) is 62.3 Å². The molecule has 0 radical (unpaired) electrons. The maximum atomic E-state index is 12.8. The van der Waals surface area contributed by atoms with Crippen LogP contribution in [0.4, 0.5) is 5.69 Å². The molecule has 0 unspecified atom stereocenters. The van der Waals surface area contributed by atoms with E-state index in [1.54, 1.807) is 24.3 Å². The van der Waals surface area contributed by atoms with Gasteiger partial charge in [0.1, 0.15) is 0 Å². The van der Waals surface area contributed by atoms with Crippen molar-refractivity contribution >= 4 is 57.2 Å². The molecule has 4 rings (SSSR count). The molecular weight excluding hydrogens is 469 g/mol. The first-order valence-corrected chi connectivity index (χ1v) is 12.0. The van der Waals surface area contributed by atoms with Gasteiger partial charge in [0.05, 0.1) is 17.5 Å². The largest absolute Gasteiger partial charge is 0.297 e. The number of sulfonamides is 1. The molecule has 2 aromatic carbocycles. The summed E-state index contributed by atoms with van der Waals surface area (Å²) in [7, 11) is -3.32. The summed E-state index contributed by atoms with van der Waals surface area (Å²) in [6.07, 6.45) is 2.73. The maximum Gasteiger partial charge on any atom is 0.229 e. The number of fused-ring (bicyclic) bond motifs is 1. The number of aromatic nitrogens is 1. The fourth-order valence-corrected chi connectivity index (χ4v) is 4.50. The molecular formula is C23H27Cl2N3O3S. The van der Waals surface area contributed by atoms with Crippen LogP contribution in [0, 0.1) is 5.92 Å². The summed E-state index contributed by atoms with van der Waals surface area (Å²) in [5, 5.41) is 1.14. The summed E-state index contributed by atoms with van der Waals surface area (Å²) >= 11 is 0. The van der Waals surface area contributed by atoms with Gasteiger partial charge in [-0.15, -0.1) is 24.8 Å². The zero-order valence-electron chi connectivity index (χ0n) is 17.7. The van der Waals surface area contributed by atoms with Crippen molar-refractivity contribution in [1.82, 2.24) is 9.88 Å². The second-order valence-electron chi connectivity index (χ2n) is 7.86. The van der Waals surface area contributed by atoms with E-state index in [0.717, 1.165) is 55.3 Å². The van der Waals surface area contributed by atoms with Gasteiger partial charge in [0.2, 0.25) is 10.0 Å². The molecule has 0 amide bonds. The minimum absolute atomic E-state index is 0. The Kier molecular flexibility index (Phi) is 9.04. The number of rotatable bonds is 6. The number of hydrogen-bond acceptors (Lipinski definition) is 5. The van der Waals surface area contributed by atoms with Gasteiger partial charge < -0.3 is 0 Å². The predicted octanol–water partition coefficient (Wildman–Crippen LogP) is 4.54. The SMILES string of the molecule is CS(=O)(=O)Nc1ccc(C(=O)C2CCN(Cc3ccc4ccccc4n3)CC2)cc1.Cl.Cl. The highest BCUT2D eigenvalue weighted by atomic mass is 35.5. The minimum Gasteiger partial charge on any atom is -0.297 e. The Balaban J connectivity index is 0.00000181. The van der Waals surface area contributed by atoms with Crippen LogP contribution in [0.25, 0.3) is 10.9 Å². The Morgan fingerprint density at radius 3 is 2.31 bits per heavy atom. The molecule has 1 N–H and O–H groups in total. The van der Waals surface area contributed by atoms with E-state index in [9.17, 15) is 13.2 Å². The highest BCUT2D eigenvalue weighted by Crippen LogP contribution is 2.24. The standard InChI is InChI=1S/C23H25N3O3S.2ClH/c1-30(28,29)25-20-9-7-18(8-10-20)23(27)19-12-14-26(15-13-19)16-21-11-6-17-4-2-3-5-22(17)24-21;;/h2-11,19,25H,12-16H2,1H3;2*1H. The van der Waals surface area contributed by atoms with Gasteiger partial charge in [0.25, 0.3) is 0 Å². The number of hydrogen-bond donors (Lipinski definition) is 1. The highest BCUT2D eigenvalue weighted by molar-refractivity contribution is 7.92. The van der Waals surface area contributed by atoms with Gasteiger partial charge in [-0.3, -0.25) is 19.4 Å². The van der Waals surface area contributed by atoms with Crippen molar-refractivity contribution in [2.75, 3.05) is 24.1 Å². The van der Waals surface area contributed by atoms with Crippen LogP contribution in [0.1, 0.15) is 28.9 Å². The fraction of sp³-hybridized carbons (Fsp3) is 0.304. The van der Waals surface area contributed by atoms with E-state index in [4.69, 9.17) is 4.98 Å². The molecule has 0 spiro atoms. The number of anilines is 1. The van der Waals surface area contributed by atoms with E-state index < -0.39 is 10.0 Å². The molecule has 1 aromatic heterocycles. The third-order valence-electron chi connectivity index (χ3n) is 5.47. The van der Waals surface area contributed by atoms with Crippen molar-refractivity contribution in [3.8, 4) is 0 Å². The van der Waals surface area contributed by atoms with Crippen molar-refractivity contribution in [3.05, 3.63) is 71.9 Å². The molecule has 9 heteroatoms. The van der Waals surface area contributed by atoms with Crippen LogP contribution < -0.4 is 4.72 Å². The first kappa shape index (κ1) is 26.1. The molecule has 3 aromatic rings. The lowest BCUT2D eigenvalue weighted by Crippen LogP contribution is -2.36. The number of carbonyl (C=O) groups is 1.